The van der Waals surface area contributed by atoms with Gasteiger partial charge in [0.2, 0.25) is 0 Å². The molecule has 7 nitrogen and oxygen atoms in total. The van der Waals surface area contributed by atoms with Gasteiger partial charge in [-0.1, -0.05) is 67.9 Å². The molecule has 1 aliphatic heterocycles. The summed E-state index contributed by atoms with van der Waals surface area (Å²) in [6.07, 6.45) is 0.101. The summed E-state index contributed by atoms with van der Waals surface area (Å²) in [7, 11) is 0. The van der Waals surface area contributed by atoms with Gasteiger partial charge in [-0.2, -0.15) is 0 Å². The lowest BCUT2D eigenvalue weighted by Crippen LogP contribution is -2.29. The van der Waals surface area contributed by atoms with E-state index in [0.29, 0.717) is 41.7 Å². The van der Waals surface area contributed by atoms with Gasteiger partial charge in [-0.15, -0.1) is 0 Å². The van der Waals surface area contributed by atoms with E-state index in [2.05, 4.69) is 0 Å². The standard InChI is InChI=1S/C32H33NO6/c1-5-38-27(34)17-22-12-14-25(15-13-22)33-29(23-9-6-8-21(4)16-23)28(31(36)32(33)37)30(35)24-10-7-11-26(18-24)39-19-20(2)3/h6-16,18,20,29,35H,5,17,19H2,1-4H3/b30-28-. The third-order valence-corrected chi connectivity index (χ3v) is 6.36. The van der Waals surface area contributed by atoms with Crippen LogP contribution in [0.5, 0.6) is 5.75 Å². The van der Waals surface area contributed by atoms with Crippen LogP contribution in [-0.4, -0.2) is 36.0 Å². The van der Waals surface area contributed by atoms with E-state index in [4.69, 9.17) is 9.47 Å². The average molecular weight is 528 g/mol. The number of aliphatic hydroxyl groups excluding tert-OH is 1. The largest absolute Gasteiger partial charge is 0.507 e. The quantitative estimate of drug-likeness (QED) is 0.165. The predicted octanol–water partition coefficient (Wildman–Crippen LogP) is 5.76. The van der Waals surface area contributed by atoms with Crippen molar-refractivity contribution < 1.29 is 29.0 Å². The van der Waals surface area contributed by atoms with Crippen molar-refractivity contribution in [2.75, 3.05) is 18.1 Å². The number of esters is 1. The number of hydrogen-bond acceptors (Lipinski definition) is 6. The Balaban J connectivity index is 1.78. The second-order valence-electron chi connectivity index (χ2n) is 9.96. The number of Topliss-reactive ketones (excluding diaryl/α,β-unsaturated/α-hetero) is 1. The van der Waals surface area contributed by atoms with Gasteiger partial charge in [-0.05, 0) is 55.2 Å². The Bertz CT molecular complexity index is 1410. The van der Waals surface area contributed by atoms with E-state index in [1.807, 2.05) is 45.0 Å². The van der Waals surface area contributed by atoms with Crippen LogP contribution in [0, 0.1) is 12.8 Å². The highest BCUT2D eigenvalue weighted by Gasteiger charge is 2.47. The number of hydrogen-bond donors (Lipinski definition) is 1. The summed E-state index contributed by atoms with van der Waals surface area (Å²) in [6.45, 7) is 8.55. The maximum absolute atomic E-state index is 13.5. The van der Waals surface area contributed by atoms with Crippen molar-refractivity contribution in [3.63, 3.8) is 0 Å². The zero-order valence-electron chi connectivity index (χ0n) is 22.6. The van der Waals surface area contributed by atoms with Crippen molar-refractivity contribution in [3.8, 4) is 5.75 Å². The third kappa shape index (κ3) is 6.20. The first-order valence-corrected chi connectivity index (χ1v) is 13.0. The van der Waals surface area contributed by atoms with Crippen molar-refractivity contribution >= 4 is 29.1 Å². The summed E-state index contributed by atoms with van der Waals surface area (Å²) in [5.74, 6) is -1.25. The number of ether oxygens (including phenoxy) is 2. The number of aryl methyl sites for hydroxylation is 1. The van der Waals surface area contributed by atoms with Gasteiger partial charge in [-0.3, -0.25) is 19.3 Å². The van der Waals surface area contributed by atoms with Crippen LogP contribution >= 0.6 is 0 Å². The van der Waals surface area contributed by atoms with Gasteiger partial charge in [-0.25, -0.2) is 0 Å². The Hall–Kier alpha value is -4.39. The van der Waals surface area contributed by atoms with E-state index in [1.165, 1.54) is 4.90 Å². The summed E-state index contributed by atoms with van der Waals surface area (Å²) in [4.78, 5) is 40.2. The molecule has 1 fully saturated rings. The zero-order chi connectivity index (χ0) is 28.1. The van der Waals surface area contributed by atoms with Gasteiger partial charge >= 0.3 is 5.97 Å². The van der Waals surface area contributed by atoms with Crippen molar-refractivity contribution in [2.45, 2.75) is 40.2 Å². The molecule has 39 heavy (non-hydrogen) atoms. The molecule has 1 N–H and O–H groups in total. The van der Waals surface area contributed by atoms with Crippen molar-refractivity contribution in [2.24, 2.45) is 5.92 Å². The summed E-state index contributed by atoms with van der Waals surface area (Å²) in [5, 5.41) is 11.4. The lowest BCUT2D eigenvalue weighted by Gasteiger charge is -2.26. The highest BCUT2D eigenvalue weighted by atomic mass is 16.5. The molecule has 1 aliphatic rings. The molecule has 0 aliphatic carbocycles. The minimum absolute atomic E-state index is 0.00205. The first kappa shape index (κ1) is 27.6. The lowest BCUT2D eigenvalue weighted by atomic mass is 9.94. The number of ketones is 1. The molecule has 7 heteroatoms. The van der Waals surface area contributed by atoms with E-state index in [0.717, 1.165) is 11.1 Å². The van der Waals surface area contributed by atoms with Crippen molar-refractivity contribution in [3.05, 3.63) is 101 Å². The Morgan fingerprint density at radius 2 is 1.72 bits per heavy atom. The van der Waals surface area contributed by atoms with Crippen molar-refractivity contribution in [1.82, 2.24) is 0 Å². The molecule has 1 atom stereocenters. The maximum Gasteiger partial charge on any atom is 0.310 e. The Morgan fingerprint density at radius 1 is 1.00 bits per heavy atom. The number of carbonyl (C=O) groups is 3. The smallest absolute Gasteiger partial charge is 0.310 e. The molecule has 1 saturated heterocycles. The van der Waals surface area contributed by atoms with Gasteiger partial charge in [0.15, 0.2) is 0 Å². The molecular weight excluding hydrogens is 494 g/mol. The van der Waals surface area contributed by atoms with E-state index in [-0.39, 0.29) is 23.7 Å². The summed E-state index contributed by atoms with van der Waals surface area (Å²) >= 11 is 0. The fraction of sp³-hybridized carbons (Fsp3) is 0.281. The van der Waals surface area contributed by atoms with Crippen LogP contribution in [0.2, 0.25) is 0 Å². The summed E-state index contributed by atoms with van der Waals surface area (Å²) < 4.78 is 10.8. The minimum Gasteiger partial charge on any atom is -0.507 e. The number of rotatable bonds is 9. The van der Waals surface area contributed by atoms with E-state index < -0.39 is 17.7 Å². The highest BCUT2D eigenvalue weighted by molar-refractivity contribution is 6.51. The molecule has 1 unspecified atom stereocenters. The first-order valence-electron chi connectivity index (χ1n) is 13.0. The molecule has 1 heterocycles. The number of nitrogens with zero attached hydrogens (tertiary/aromatic N) is 1. The maximum atomic E-state index is 13.5. The molecule has 0 bridgehead atoms. The SMILES string of the molecule is CCOC(=O)Cc1ccc(N2C(=O)C(=O)/C(=C(\O)c3cccc(OCC(C)C)c3)C2c2cccc(C)c2)cc1. The third-order valence-electron chi connectivity index (χ3n) is 6.36. The van der Waals surface area contributed by atoms with Gasteiger partial charge < -0.3 is 14.6 Å². The molecular formula is C32H33NO6. The van der Waals surface area contributed by atoms with Crippen LogP contribution in [0.15, 0.2) is 78.4 Å². The normalized spacial score (nSPS) is 16.5. The molecule has 202 valence electrons. The van der Waals surface area contributed by atoms with Crippen molar-refractivity contribution in [1.29, 1.82) is 0 Å². The lowest BCUT2D eigenvalue weighted by molar-refractivity contribution is -0.142. The van der Waals surface area contributed by atoms with Gasteiger partial charge in [0.1, 0.15) is 11.5 Å². The van der Waals surface area contributed by atoms with Gasteiger partial charge in [0, 0.05) is 11.3 Å². The topological polar surface area (TPSA) is 93.1 Å². The predicted molar refractivity (Wildman–Crippen MR) is 150 cm³/mol. The van der Waals surface area contributed by atoms with E-state index in [1.54, 1.807) is 55.5 Å². The van der Waals surface area contributed by atoms with Crippen LogP contribution in [0.3, 0.4) is 0 Å². The molecule has 3 aromatic carbocycles. The second-order valence-corrected chi connectivity index (χ2v) is 9.96. The molecule has 3 aromatic rings. The van der Waals surface area contributed by atoms with Crippen LogP contribution in [0.1, 0.15) is 49.1 Å². The van der Waals surface area contributed by atoms with E-state index in [9.17, 15) is 19.5 Å². The Kier molecular flexibility index (Phi) is 8.49. The Morgan fingerprint density at radius 3 is 2.38 bits per heavy atom. The van der Waals surface area contributed by atoms with Crippen LogP contribution in [0.4, 0.5) is 5.69 Å². The zero-order valence-corrected chi connectivity index (χ0v) is 22.6. The number of amides is 1. The average Bonchev–Trinajstić information content (AvgIpc) is 3.18. The summed E-state index contributed by atoms with van der Waals surface area (Å²) in [5.41, 5.74) is 3.23. The molecule has 0 aromatic heterocycles. The second kappa shape index (κ2) is 12.0. The molecule has 0 radical (unpaired) electrons. The number of anilines is 1. The minimum atomic E-state index is -0.846. The van der Waals surface area contributed by atoms with E-state index >= 15 is 0 Å². The molecule has 1 amide bonds. The van der Waals surface area contributed by atoms with Crippen LogP contribution in [0.25, 0.3) is 5.76 Å². The fourth-order valence-electron chi connectivity index (χ4n) is 4.56. The number of aliphatic hydroxyl groups is 1. The fourth-order valence-corrected chi connectivity index (χ4v) is 4.56. The van der Waals surface area contributed by atoms with Crippen LogP contribution < -0.4 is 9.64 Å². The van der Waals surface area contributed by atoms with Gasteiger partial charge in [0.25, 0.3) is 11.7 Å². The molecule has 0 saturated carbocycles. The molecule has 0 spiro atoms. The van der Waals surface area contributed by atoms with Gasteiger partial charge in [0.05, 0.1) is 31.2 Å². The monoisotopic (exact) mass is 527 g/mol. The first-order chi connectivity index (χ1) is 18.7. The Labute approximate surface area is 228 Å². The number of benzene rings is 3. The molecule has 4 rings (SSSR count). The number of carbonyl (C=O) groups excluding carboxylic acids is 3. The van der Waals surface area contributed by atoms with Crippen LogP contribution in [-0.2, 0) is 25.5 Å². The summed E-state index contributed by atoms with van der Waals surface area (Å²) in [6, 6.07) is 20.4. The highest BCUT2D eigenvalue weighted by Crippen LogP contribution is 2.42.